The number of methoxy groups -OCH3 is 1. The molecule has 0 aromatic heterocycles. The number of anilines is 1. The van der Waals surface area contributed by atoms with Gasteiger partial charge in [-0.1, -0.05) is 19.1 Å². The quantitative estimate of drug-likeness (QED) is 0.730. The summed E-state index contributed by atoms with van der Waals surface area (Å²) in [7, 11) is 1.55. The van der Waals surface area contributed by atoms with E-state index in [9.17, 15) is 9.59 Å². The van der Waals surface area contributed by atoms with Gasteiger partial charge in [-0.3, -0.25) is 4.79 Å². The van der Waals surface area contributed by atoms with Gasteiger partial charge in [0.05, 0.1) is 18.9 Å². The molecule has 2 aromatic carbocycles. The van der Waals surface area contributed by atoms with Crippen LogP contribution >= 0.6 is 0 Å². The number of hydrogen-bond donors (Lipinski definition) is 1. The Morgan fingerprint density at radius 1 is 1.08 bits per heavy atom. The van der Waals surface area contributed by atoms with E-state index >= 15 is 0 Å². The normalized spacial score (nSPS) is 11.3. The first-order valence-electron chi connectivity index (χ1n) is 8.40. The first kappa shape index (κ1) is 19.3. The van der Waals surface area contributed by atoms with Gasteiger partial charge >= 0.3 is 5.97 Å². The van der Waals surface area contributed by atoms with E-state index in [0.717, 1.165) is 6.42 Å². The smallest absolute Gasteiger partial charge is 0.344 e. The average molecular weight is 357 g/mol. The van der Waals surface area contributed by atoms with E-state index in [1.807, 2.05) is 26.0 Å². The van der Waals surface area contributed by atoms with Gasteiger partial charge in [-0.15, -0.1) is 0 Å². The van der Waals surface area contributed by atoms with E-state index in [1.165, 1.54) is 0 Å². The molecular formula is C20H23NO5. The van der Waals surface area contributed by atoms with Crippen LogP contribution in [0, 0.1) is 0 Å². The van der Waals surface area contributed by atoms with Gasteiger partial charge in [0.2, 0.25) is 0 Å². The topological polar surface area (TPSA) is 73.9 Å². The minimum atomic E-state index is -0.419. The zero-order chi connectivity index (χ0) is 18.9. The number of amides is 1. The molecule has 26 heavy (non-hydrogen) atoms. The van der Waals surface area contributed by atoms with Crippen molar-refractivity contribution in [3.05, 3.63) is 54.1 Å². The summed E-state index contributed by atoms with van der Waals surface area (Å²) in [6, 6.07) is 13.7. The maximum Gasteiger partial charge on any atom is 0.344 e. The van der Waals surface area contributed by atoms with Crippen LogP contribution in [0.15, 0.2) is 48.5 Å². The van der Waals surface area contributed by atoms with Crippen molar-refractivity contribution in [2.45, 2.75) is 26.4 Å². The Balaban J connectivity index is 1.92. The van der Waals surface area contributed by atoms with Crippen LogP contribution in [0.25, 0.3) is 0 Å². The highest BCUT2D eigenvalue weighted by atomic mass is 16.6. The van der Waals surface area contributed by atoms with Gasteiger partial charge in [-0.05, 0) is 49.7 Å². The van der Waals surface area contributed by atoms with Gasteiger partial charge in [0.25, 0.3) is 5.91 Å². The Bertz CT molecular complexity index is 742. The van der Waals surface area contributed by atoms with Crippen LogP contribution in [0.5, 0.6) is 11.5 Å². The van der Waals surface area contributed by atoms with Crippen molar-refractivity contribution < 1.29 is 23.8 Å². The number of hydrogen-bond acceptors (Lipinski definition) is 5. The highest BCUT2D eigenvalue weighted by Gasteiger charge is 2.11. The lowest BCUT2D eigenvalue weighted by Gasteiger charge is -2.12. The van der Waals surface area contributed by atoms with Crippen LogP contribution in [0.4, 0.5) is 5.69 Å². The summed E-state index contributed by atoms with van der Waals surface area (Å²) < 4.78 is 15.7. The minimum Gasteiger partial charge on any atom is -0.495 e. The molecule has 1 N–H and O–H groups in total. The monoisotopic (exact) mass is 357 g/mol. The van der Waals surface area contributed by atoms with Gasteiger partial charge < -0.3 is 19.5 Å². The van der Waals surface area contributed by atoms with Gasteiger partial charge in [0, 0.05) is 5.56 Å². The number of nitrogens with one attached hydrogen (secondary N) is 1. The van der Waals surface area contributed by atoms with Crippen LogP contribution < -0.4 is 14.8 Å². The van der Waals surface area contributed by atoms with Crippen LogP contribution in [0.2, 0.25) is 0 Å². The first-order chi connectivity index (χ1) is 12.5. The summed E-state index contributed by atoms with van der Waals surface area (Å²) in [6.45, 7) is 3.59. The molecule has 0 spiro atoms. The number of rotatable bonds is 8. The molecular weight excluding hydrogens is 334 g/mol. The third-order valence-corrected chi connectivity index (χ3v) is 3.74. The van der Waals surface area contributed by atoms with Crippen molar-refractivity contribution in [1.29, 1.82) is 0 Å². The molecule has 0 aliphatic heterocycles. The van der Waals surface area contributed by atoms with Crippen LogP contribution in [0.3, 0.4) is 0 Å². The van der Waals surface area contributed by atoms with Gasteiger partial charge in [0.15, 0.2) is 6.61 Å². The van der Waals surface area contributed by atoms with Gasteiger partial charge in [-0.2, -0.15) is 0 Å². The molecule has 138 valence electrons. The van der Waals surface area contributed by atoms with Gasteiger partial charge in [-0.25, -0.2) is 4.79 Å². The number of carbonyl (C=O) groups excluding carboxylic acids is 2. The Labute approximate surface area is 153 Å². The largest absolute Gasteiger partial charge is 0.495 e. The fraction of sp³-hybridized carbons (Fsp3) is 0.300. The highest BCUT2D eigenvalue weighted by Crippen LogP contribution is 2.24. The molecule has 2 rings (SSSR count). The Hall–Kier alpha value is -3.02. The molecule has 1 amide bonds. The average Bonchev–Trinajstić information content (AvgIpc) is 2.67. The molecule has 0 radical (unpaired) electrons. The SMILES string of the molecule is CC[C@H](C)OC(=O)COc1ccc(C(=O)Nc2ccccc2OC)cc1. The zero-order valence-corrected chi connectivity index (χ0v) is 15.2. The summed E-state index contributed by atoms with van der Waals surface area (Å²) in [5, 5.41) is 2.80. The number of esters is 1. The second-order valence-corrected chi connectivity index (χ2v) is 5.68. The predicted molar refractivity (Wildman–Crippen MR) is 98.7 cm³/mol. The Kier molecular flexibility index (Phi) is 7.02. The number of carbonyl (C=O) groups is 2. The molecule has 2 aromatic rings. The summed E-state index contributed by atoms with van der Waals surface area (Å²) in [4.78, 5) is 23.9. The van der Waals surface area contributed by atoms with Crippen molar-refractivity contribution in [1.82, 2.24) is 0 Å². The molecule has 0 aliphatic rings. The standard InChI is InChI=1S/C20H23NO5/c1-4-14(2)26-19(22)13-25-16-11-9-15(10-12-16)20(23)21-17-7-5-6-8-18(17)24-3/h5-12,14H,4,13H2,1-3H3,(H,21,23)/t14-/m0/s1. The molecule has 0 saturated heterocycles. The molecule has 0 unspecified atom stereocenters. The van der Waals surface area contributed by atoms with E-state index in [0.29, 0.717) is 22.7 Å². The molecule has 0 heterocycles. The summed E-state index contributed by atoms with van der Waals surface area (Å²) in [5.74, 6) is 0.384. The lowest BCUT2D eigenvalue weighted by molar-refractivity contribution is -0.150. The van der Waals surface area contributed by atoms with Crippen molar-refractivity contribution in [3.63, 3.8) is 0 Å². The van der Waals surface area contributed by atoms with E-state index in [1.54, 1.807) is 43.5 Å². The number of ether oxygens (including phenoxy) is 3. The van der Waals surface area contributed by atoms with Crippen LogP contribution in [-0.4, -0.2) is 31.7 Å². The minimum absolute atomic E-state index is 0.132. The zero-order valence-electron chi connectivity index (χ0n) is 15.2. The second-order valence-electron chi connectivity index (χ2n) is 5.68. The maximum absolute atomic E-state index is 12.3. The van der Waals surface area contributed by atoms with Crippen LogP contribution in [-0.2, 0) is 9.53 Å². The van der Waals surface area contributed by atoms with Crippen molar-refractivity contribution in [2.24, 2.45) is 0 Å². The van der Waals surface area contributed by atoms with Crippen LogP contribution in [0.1, 0.15) is 30.6 Å². The third-order valence-electron chi connectivity index (χ3n) is 3.74. The highest BCUT2D eigenvalue weighted by molar-refractivity contribution is 6.05. The van der Waals surface area contributed by atoms with Crippen molar-refractivity contribution >= 4 is 17.6 Å². The molecule has 0 bridgehead atoms. The molecule has 6 heteroatoms. The number of benzene rings is 2. The summed E-state index contributed by atoms with van der Waals surface area (Å²) in [5.41, 5.74) is 1.05. The van der Waals surface area contributed by atoms with E-state index in [4.69, 9.17) is 14.2 Å². The van der Waals surface area contributed by atoms with Crippen molar-refractivity contribution in [3.8, 4) is 11.5 Å². The van der Waals surface area contributed by atoms with E-state index in [2.05, 4.69) is 5.32 Å². The maximum atomic E-state index is 12.3. The molecule has 1 atom stereocenters. The number of para-hydroxylation sites is 2. The third kappa shape index (κ3) is 5.51. The summed E-state index contributed by atoms with van der Waals surface area (Å²) in [6.07, 6.45) is 0.619. The summed E-state index contributed by atoms with van der Waals surface area (Å²) >= 11 is 0. The fourth-order valence-electron chi connectivity index (χ4n) is 2.13. The first-order valence-corrected chi connectivity index (χ1v) is 8.40. The molecule has 0 fully saturated rings. The van der Waals surface area contributed by atoms with E-state index in [-0.39, 0.29) is 18.6 Å². The fourth-order valence-corrected chi connectivity index (χ4v) is 2.13. The molecule has 0 saturated carbocycles. The molecule has 0 aliphatic carbocycles. The second kappa shape index (κ2) is 9.46. The Morgan fingerprint density at radius 3 is 2.42 bits per heavy atom. The predicted octanol–water partition coefficient (Wildman–Crippen LogP) is 3.67. The Morgan fingerprint density at radius 2 is 1.77 bits per heavy atom. The lowest BCUT2D eigenvalue weighted by Crippen LogP contribution is -2.20. The van der Waals surface area contributed by atoms with E-state index < -0.39 is 5.97 Å². The van der Waals surface area contributed by atoms with Crippen molar-refractivity contribution in [2.75, 3.05) is 19.0 Å². The lowest BCUT2D eigenvalue weighted by atomic mass is 10.2. The van der Waals surface area contributed by atoms with Gasteiger partial charge in [0.1, 0.15) is 11.5 Å². The molecule has 6 nitrogen and oxygen atoms in total.